The predicted octanol–water partition coefficient (Wildman–Crippen LogP) is 0.813. The lowest BCUT2D eigenvalue weighted by Crippen LogP contribution is -2.47. The Balaban J connectivity index is 1.55. The van der Waals surface area contributed by atoms with Crippen LogP contribution >= 0.6 is 0 Å². The molecule has 2 aliphatic rings. The molecule has 1 saturated carbocycles. The van der Waals surface area contributed by atoms with Gasteiger partial charge in [-0.2, -0.15) is 0 Å². The van der Waals surface area contributed by atoms with Crippen molar-refractivity contribution >= 4 is 29.4 Å². The molecular weight excluding hydrogens is 364 g/mol. The molecule has 1 aliphatic heterocycles. The average molecular weight is 388 g/mol. The maximum atomic E-state index is 12.6. The third kappa shape index (κ3) is 3.92. The van der Waals surface area contributed by atoms with Gasteiger partial charge in [0.25, 0.3) is 5.91 Å². The van der Waals surface area contributed by atoms with Crippen LogP contribution in [0.4, 0.5) is 10.5 Å². The van der Waals surface area contributed by atoms with Crippen LogP contribution in [0.5, 0.6) is 5.75 Å². The van der Waals surface area contributed by atoms with Crippen molar-refractivity contribution in [2.75, 3.05) is 32.6 Å². The maximum Gasteiger partial charge on any atom is 0.325 e. The highest BCUT2D eigenvalue weighted by molar-refractivity contribution is 6.09. The number of imide groups is 1. The van der Waals surface area contributed by atoms with Gasteiger partial charge < -0.3 is 20.3 Å². The molecule has 1 heterocycles. The molecule has 2 N–H and O–H groups in total. The summed E-state index contributed by atoms with van der Waals surface area (Å²) in [4.78, 5) is 51.5. The number of benzene rings is 1. The van der Waals surface area contributed by atoms with E-state index in [2.05, 4.69) is 10.6 Å². The molecule has 2 fully saturated rings. The van der Waals surface area contributed by atoms with E-state index in [-0.39, 0.29) is 18.4 Å². The standard InChI is InChI=1S/C19H24N4O5/c1-19(12-7-8-12)17(26)23(18(27)21-19)11-16(25)22(2)10-15(24)20-13-5-4-6-14(9-13)28-3/h4-6,9,12H,7-8,10-11H2,1-3H3,(H,20,24)(H,21,27)/t19-/m1/s1. The van der Waals surface area contributed by atoms with Gasteiger partial charge in [0.1, 0.15) is 17.8 Å². The zero-order valence-electron chi connectivity index (χ0n) is 16.2. The number of carbonyl (C=O) groups is 4. The zero-order valence-corrected chi connectivity index (χ0v) is 16.2. The molecule has 3 rings (SSSR count). The molecule has 1 saturated heterocycles. The number of ether oxygens (including phenoxy) is 1. The van der Waals surface area contributed by atoms with Gasteiger partial charge in [-0.3, -0.25) is 19.3 Å². The summed E-state index contributed by atoms with van der Waals surface area (Å²) in [7, 11) is 2.98. The summed E-state index contributed by atoms with van der Waals surface area (Å²) in [5.41, 5.74) is -0.390. The van der Waals surface area contributed by atoms with Crippen LogP contribution in [0.2, 0.25) is 0 Å². The lowest BCUT2D eigenvalue weighted by Gasteiger charge is -2.22. The summed E-state index contributed by atoms with van der Waals surface area (Å²) in [6.45, 7) is 1.09. The SMILES string of the molecule is COc1cccc(NC(=O)CN(C)C(=O)CN2C(=O)N[C@](C)(C3CC3)C2=O)c1. The Morgan fingerprint density at radius 1 is 1.36 bits per heavy atom. The van der Waals surface area contributed by atoms with Crippen molar-refractivity contribution < 1.29 is 23.9 Å². The smallest absolute Gasteiger partial charge is 0.325 e. The van der Waals surface area contributed by atoms with E-state index in [1.54, 1.807) is 31.2 Å². The molecular formula is C19H24N4O5. The molecule has 28 heavy (non-hydrogen) atoms. The van der Waals surface area contributed by atoms with Crippen molar-refractivity contribution in [1.82, 2.24) is 15.1 Å². The molecule has 9 nitrogen and oxygen atoms in total. The molecule has 1 aromatic rings. The Kier molecular flexibility index (Phi) is 5.26. The molecule has 0 bridgehead atoms. The van der Waals surface area contributed by atoms with E-state index < -0.39 is 29.9 Å². The Morgan fingerprint density at radius 2 is 2.07 bits per heavy atom. The van der Waals surface area contributed by atoms with E-state index >= 15 is 0 Å². The third-order valence-corrected chi connectivity index (χ3v) is 5.15. The summed E-state index contributed by atoms with van der Waals surface area (Å²) in [5, 5.41) is 5.37. The summed E-state index contributed by atoms with van der Waals surface area (Å²) in [5.74, 6) is -0.564. The second-order valence-corrected chi connectivity index (χ2v) is 7.33. The Morgan fingerprint density at radius 3 is 2.71 bits per heavy atom. The van der Waals surface area contributed by atoms with Gasteiger partial charge >= 0.3 is 6.03 Å². The topological polar surface area (TPSA) is 108 Å². The fraction of sp³-hybridized carbons (Fsp3) is 0.474. The molecule has 9 heteroatoms. The van der Waals surface area contributed by atoms with Crippen LogP contribution in [0.1, 0.15) is 19.8 Å². The highest BCUT2D eigenvalue weighted by Gasteiger charge is 2.56. The number of methoxy groups -OCH3 is 1. The van der Waals surface area contributed by atoms with Crippen LogP contribution in [-0.2, 0) is 14.4 Å². The number of nitrogens with zero attached hydrogens (tertiary/aromatic N) is 2. The minimum absolute atomic E-state index is 0.121. The lowest BCUT2D eigenvalue weighted by atomic mass is 9.96. The van der Waals surface area contributed by atoms with E-state index in [1.165, 1.54) is 19.1 Å². The van der Waals surface area contributed by atoms with Gasteiger partial charge in [-0.05, 0) is 37.8 Å². The van der Waals surface area contributed by atoms with Crippen LogP contribution in [-0.4, -0.2) is 66.3 Å². The van der Waals surface area contributed by atoms with Gasteiger partial charge in [0.05, 0.1) is 13.7 Å². The van der Waals surface area contributed by atoms with Crippen LogP contribution in [0, 0.1) is 5.92 Å². The molecule has 0 unspecified atom stereocenters. The normalized spacial score (nSPS) is 21.3. The Hall–Kier alpha value is -3.10. The zero-order chi connectivity index (χ0) is 20.5. The van der Waals surface area contributed by atoms with Gasteiger partial charge in [0.2, 0.25) is 11.8 Å². The fourth-order valence-electron chi connectivity index (χ4n) is 3.26. The molecule has 1 atom stereocenters. The monoisotopic (exact) mass is 388 g/mol. The fourth-order valence-corrected chi connectivity index (χ4v) is 3.26. The third-order valence-electron chi connectivity index (χ3n) is 5.15. The van der Waals surface area contributed by atoms with E-state index in [1.807, 2.05) is 0 Å². The largest absolute Gasteiger partial charge is 0.497 e. The predicted molar refractivity (Wildman–Crippen MR) is 101 cm³/mol. The summed E-state index contributed by atoms with van der Waals surface area (Å²) < 4.78 is 5.10. The van der Waals surface area contributed by atoms with Crippen molar-refractivity contribution in [3.05, 3.63) is 24.3 Å². The minimum Gasteiger partial charge on any atom is -0.497 e. The Bertz CT molecular complexity index is 822. The van der Waals surface area contributed by atoms with Crippen LogP contribution in [0.3, 0.4) is 0 Å². The first kappa shape index (κ1) is 19.7. The Labute approximate surface area is 163 Å². The number of anilines is 1. The van der Waals surface area contributed by atoms with Crippen molar-refractivity contribution in [2.45, 2.75) is 25.3 Å². The molecule has 1 aromatic carbocycles. The van der Waals surface area contributed by atoms with Gasteiger partial charge in [-0.25, -0.2) is 4.79 Å². The number of likely N-dealkylation sites (N-methyl/N-ethyl adjacent to an activating group) is 1. The highest BCUT2D eigenvalue weighted by Crippen LogP contribution is 2.42. The minimum atomic E-state index is -0.931. The van der Waals surface area contributed by atoms with Gasteiger partial charge in [0.15, 0.2) is 0 Å². The number of urea groups is 1. The average Bonchev–Trinajstić information content (AvgIpc) is 3.47. The first-order valence-corrected chi connectivity index (χ1v) is 9.06. The van der Waals surface area contributed by atoms with Gasteiger partial charge in [0, 0.05) is 18.8 Å². The molecule has 0 aromatic heterocycles. The first-order chi connectivity index (χ1) is 13.2. The van der Waals surface area contributed by atoms with Gasteiger partial charge in [-0.1, -0.05) is 6.07 Å². The number of nitrogens with one attached hydrogen (secondary N) is 2. The van der Waals surface area contributed by atoms with Crippen molar-refractivity contribution in [3.8, 4) is 5.75 Å². The van der Waals surface area contributed by atoms with Crippen LogP contribution in [0.25, 0.3) is 0 Å². The number of amides is 5. The number of hydrogen-bond acceptors (Lipinski definition) is 5. The van der Waals surface area contributed by atoms with Crippen molar-refractivity contribution in [3.63, 3.8) is 0 Å². The number of carbonyl (C=O) groups excluding carboxylic acids is 4. The van der Waals surface area contributed by atoms with Crippen molar-refractivity contribution in [1.29, 1.82) is 0 Å². The quantitative estimate of drug-likeness (QED) is 0.672. The molecule has 5 amide bonds. The first-order valence-electron chi connectivity index (χ1n) is 9.06. The highest BCUT2D eigenvalue weighted by atomic mass is 16.5. The maximum absolute atomic E-state index is 12.6. The van der Waals surface area contributed by atoms with E-state index in [0.29, 0.717) is 11.4 Å². The molecule has 150 valence electrons. The molecule has 0 spiro atoms. The second kappa shape index (κ2) is 7.49. The summed E-state index contributed by atoms with van der Waals surface area (Å²) >= 11 is 0. The molecule has 0 radical (unpaired) electrons. The van der Waals surface area contributed by atoms with Crippen LogP contribution in [0.15, 0.2) is 24.3 Å². The van der Waals surface area contributed by atoms with E-state index in [4.69, 9.17) is 4.74 Å². The van der Waals surface area contributed by atoms with Crippen molar-refractivity contribution in [2.24, 2.45) is 5.92 Å². The summed E-state index contributed by atoms with van der Waals surface area (Å²) in [6.07, 6.45) is 1.77. The second-order valence-electron chi connectivity index (χ2n) is 7.33. The number of hydrogen-bond donors (Lipinski definition) is 2. The van der Waals surface area contributed by atoms with Gasteiger partial charge in [-0.15, -0.1) is 0 Å². The van der Waals surface area contributed by atoms with E-state index in [0.717, 1.165) is 17.7 Å². The lowest BCUT2D eigenvalue weighted by molar-refractivity contribution is -0.139. The molecule has 1 aliphatic carbocycles. The van der Waals surface area contributed by atoms with Crippen LogP contribution < -0.4 is 15.4 Å². The van der Waals surface area contributed by atoms with E-state index in [9.17, 15) is 19.2 Å². The summed E-state index contributed by atoms with van der Waals surface area (Å²) in [6, 6.07) is 6.28. The number of rotatable bonds is 7.